The molecule has 3 heteroatoms. The van der Waals surface area contributed by atoms with Gasteiger partial charge in [0.15, 0.2) is 0 Å². The fourth-order valence-electron chi connectivity index (χ4n) is 1.09. The minimum absolute atomic E-state index is 0.0515. The van der Waals surface area contributed by atoms with Crippen LogP contribution in [0.5, 0.6) is 0 Å². The van der Waals surface area contributed by atoms with Crippen LogP contribution in [0.3, 0.4) is 0 Å². The van der Waals surface area contributed by atoms with Gasteiger partial charge in [0.05, 0.1) is 5.56 Å². The van der Waals surface area contributed by atoms with E-state index in [2.05, 4.69) is 0 Å². The lowest BCUT2D eigenvalue weighted by atomic mass is 10.0. The maximum Gasteiger partial charge on any atom is 0.251 e. The van der Waals surface area contributed by atoms with Crippen molar-refractivity contribution < 1.29 is 9.18 Å². The fraction of sp³-hybridized carbons (Fsp3) is 0.300. The molecule has 0 saturated carbocycles. The first-order valence-electron chi connectivity index (χ1n) is 4.11. The summed E-state index contributed by atoms with van der Waals surface area (Å²) in [6.07, 6.45) is 0. The van der Waals surface area contributed by atoms with Crippen LogP contribution < -0.4 is 5.73 Å². The summed E-state index contributed by atoms with van der Waals surface area (Å²) in [5, 5.41) is 0. The van der Waals surface area contributed by atoms with Crippen molar-refractivity contribution in [2.75, 3.05) is 0 Å². The lowest BCUT2D eigenvalue weighted by Crippen LogP contribution is -2.13. The number of amides is 1. The molecule has 0 unspecified atom stereocenters. The van der Waals surface area contributed by atoms with Crippen molar-refractivity contribution in [1.29, 1.82) is 0 Å². The molecule has 0 aromatic heterocycles. The molecular formula is C10H12FNO. The first-order chi connectivity index (χ1) is 6.02. The van der Waals surface area contributed by atoms with Crippen molar-refractivity contribution in [3.05, 3.63) is 35.1 Å². The summed E-state index contributed by atoms with van der Waals surface area (Å²) < 4.78 is 13.2. The molecule has 0 heterocycles. The Hall–Kier alpha value is -1.38. The van der Waals surface area contributed by atoms with Gasteiger partial charge in [0.1, 0.15) is 5.82 Å². The zero-order chi connectivity index (χ0) is 10.0. The van der Waals surface area contributed by atoms with Crippen LogP contribution in [0.4, 0.5) is 4.39 Å². The number of benzene rings is 1. The molecule has 1 rings (SSSR count). The molecule has 0 spiro atoms. The monoisotopic (exact) mass is 181 g/mol. The number of rotatable bonds is 2. The highest BCUT2D eigenvalue weighted by Gasteiger charge is 2.09. The van der Waals surface area contributed by atoms with E-state index in [1.807, 2.05) is 13.8 Å². The zero-order valence-corrected chi connectivity index (χ0v) is 7.67. The van der Waals surface area contributed by atoms with E-state index >= 15 is 0 Å². The fourth-order valence-corrected chi connectivity index (χ4v) is 1.09. The minimum Gasteiger partial charge on any atom is -0.366 e. The molecule has 0 fully saturated rings. The van der Waals surface area contributed by atoms with Crippen LogP contribution in [0.2, 0.25) is 0 Å². The number of hydrogen-bond donors (Lipinski definition) is 1. The Balaban J connectivity index is 3.13. The van der Waals surface area contributed by atoms with E-state index in [0.29, 0.717) is 0 Å². The summed E-state index contributed by atoms with van der Waals surface area (Å²) in [4.78, 5) is 10.7. The predicted octanol–water partition coefficient (Wildman–Crippen LogP) is 2.05. The van der Waals surface area contributed by atoms with Crippen LogP contribution in [-0.4, -0.2) is 5.91 Å². The predicted molar refractivity (Wildman–Crippen MR) is 49.0 cm³/mol. The Morgan fingerprint density at radius 3 is 2.46 bits per heavy atom. The number of hydrogen-bond acceptors (Lipinski definition) is 1. The molecule has 0 radical (unpaired) electrons. The Morgan fingerprint density at radius 1 is 1.46 bits per heavy atom. The maximum absolute atomic E-state index is 13.2. The highest BCUT2D eigenvalue weighted by Crippen LogP contribution is 2.17. The summed E-state index contributed by atoms with van der Waals surface area (Å²) in [5.41, 5.74) is 5.77. The molecule has 1 aromatic rings. The van der Waals surface area contributed by atoms with E-state index in [0.717, 1.165) is 5.56 Å². The van der Waals surface area contributed by atoms with Crippen molar-refractivity contribution in [3.63, 3.8) is 0 Å². The third-order valence-corrected chi connectivity index (χ3v) is 1.93. The number of nitrogens with two attached hydrogens (primary N) is 1. The summed E-state index contributed by atoms with van der Waals surface area (Å²) in [6, 6.07) is 4.49. The van der Waals surface area contributed by atoms with Crippen molar-refractivity contribution in [3.8, 4) is 0 Å². The first kappa shape index (κ1) is 9.71. The van der Waals surface area contributed by atoms with Gasteiger partial charge in [-0.05, 0) is 23.6 Å². The zero-order valence-electron chi connectivity index (χ0n) is 7.67. The summed E-state index contributed by atoms with van der Waals surface area (Å²) >= 11 is 0. The van der Waals surface area contributed by atoms with Crippen LogP contribution in [0, 0.1) is 5.82 Å². The van der Waals surface area contributed by atoms with Crippen molar-refractivity contribution in [1.82, 2.24) is 0 Å². The van der Waals surface area contributed by atoms with E-state index in [4.69, 9.17) is 5.73 Å². The van der Waals surface area contributed by atoms with E-state index in [1.54, 1.807) is 6.07 Å². The normalized spacial score (nSPS) is 10.5. The SMILES string of the molecule is CC(C)c1ccc(C(N)=O)c(F)c1. The molecule has 2 N–H and O–H groups in total. The van der Waals surface area contributed by atoms with Gasteiger partial charge >= 0.3 is 0 Å². The second-order valence-electron chi connectivity index (χ2n) is 3.26. The molecule has 70 valence electrons. The van der Waals surface area contributed by atoms with Crippen molar-refractivity contribution >= 4 is 5.91 Å². The standard InChI is InChI=1S/C10H12FNO/c1-6(2)7-3-4-8(10(12)13)9(11)5-7/h3-6H,1-2H3,(H2,12,13). The van der Waals surface area contributed by atoms with E-state index < -0.39 is 11.7 Å². The quantitative estimate of drug-likeness (QED) is 0.745. The lowest BCUT2D eigenvalue weighted by molar-refractivity contribution is 0.0996. The van der Waals surface area contributed by atoms with Gasteiger partial charge in [-0.1, -0.05) is 19.9 Å². The van der Waals surface area contributed by atoms with Crippen molar-refractivity contribution in [2.45, 2.75) is 19.8 Å². The average Bonchev–Trinajstić information content (AvgIpc) is 2.03. The van der Waals surface area contributed by atoms with Crippen LogP contribution in [-0.2, 0) is 0 Å². The molecule has 0 aliphatic heterocycles. The second-order valence-corrected chi connectivity index (χ2v) is 3.26. The Labute approximate surface area is 76.6 Å². The molecule has 2 nitrogen and oxygen atoms in total. The topological polar surface area (TPSA) is 43.1 Å². The van der Waals surface area contributed by atoms with Crippen LogP contribution in [0.25, 0.3) is 0 Å². The molecule has 13 heavy (non-hydrogen) atoms. The largest absolute Gasteiger partial charge is 0.366 e. The second kappa shape index (κ2) is 3.56. The van der Waals surface area contributed by atoms with Gasteiger partial charge in [-0.2, -0.15) is 0 Å². The average molecular weight is 181 g/mol. The molecule has 0 bridgehead atoms. The van der Waals surface area contributed by atoms with Gasteiger partial charge in [0, 0.05) is 0 Å². The van der Waals surface area contributed by atoms with Crippen molar-refractivity contribution in [2.24, 2.45) is 5.73 Å². The Morgan fingerprint density at radius 2 is 2.08 bits per heavy atom. The number of carbonyl (C=O) groups excluding carboxylic acids is 1. The third kappa shape index (κ3) is 2.05. The van der Waals surface area contributed by atoms with Crippen LogP contribution in [0.15, 0.2) is 18.2 Å². The van der Waals surface area contributed by atoms with E-state index in [1.165, 1.54) is 12.1 Å². The smallest absolute Gasteiger partial charge is 0.251 e. The van der Waals surface area contributed by atoms with Crippen LogP contribution >= 0.6 is 0 Å². The van der Waals surface area contributed by atoms with Gasteiger partial charge < -0.3 is 5.73 Å². The maximum atomic E-state index is 13.2. The molecule has 0 aliphatic rings. The third-order valence-electron chi connectivity index (χ3n) is 1.93. The summed E-state index contributed by atoms with van der Waals surface area (Å²) in [7, 11) is 0. The number of carbonyl (C=O) groups is 1. The summed E-state index contributed by atoms with van der Waals surface area (Å²) in [5.74, 6) is -1.03. The Kier molecular flexibility index (Phi) is 2.66. The number of halogens is 1. The van der Waals surface area contributed by atoms with E-state index in [-0.39, 0.29) is 11.5 Å². The molecule has 1 amide bonds. The summed E-state index contributed by atoms with van der Waals surface area (Å²) in [6.45, 7) is 3.91. The van der Waals surface area contributed by atoms with Gasteiger partial charge in [-0.15, -0.1) is 0 Å². The molecule has 0 aliphatic carbocycles. The van der Waals surface area contributed by atoms with Gasteiger partial charge in [-0.3, -0.25) is 4.79 Å². The lowest BCUT2D eigenvalue weighted by Gasteiger charge is -2.06. The molecular weight excluding hydrogens is 169 g/mol. The first-order valence-corrected chi connectivity index (χ1v) is 4.11. The van der Waals surface area contributed by atoms with E-state index in [9.17, 15) is 9.18 Å². The molecule has 1 aromatic carbocycles. The highest BCUT2D eigenvalue weighted by molar-refractivity contribution is 5.93. The van der Waals surface area contributed by atoms with Gasteiger partial charge in [0.2, 0.25) is 0 Å². The molecule has 0 saturated heterocycles. The van der Waals surface area contributed by atoms with Gasteiger partial charge in [-0.25, -0.2) is 4.39 Å². The van der Waals surface area contributed by atoms with Gasteiger partial charge in [0.25, 0.3) is 5.91 Å². The molecule has 0 atom stereocenters. The highest BCUT2D eigenvalue weighted by atomic mass is 19.1. The van der Waals surface area contributed by atoms with Crippen LogP contribution in [0.1, 0.15) is 35.7 Å². The minimum atomic E-state index is -0.729. The number of primary amides is 1. The Bertz CT molecular complexity index is 334.